The Labute approximate surface area is 177 Å². The molecule has 5 nitrogen and oxygen atoms in total. The Balaban J connectivity index is 1.25. The van der Waals surface area contributed by atoms with Crippen LogP contribution in [0.4, 0.5) is 0 Å². The Morgan fingerprint density at radius 1 is 1.00 bits per heavy atom. The summed E-state index contributed by atoms with van der Waals surface area (Å²) in [5.41, 5.74) is 4.93. The van der Waals surface area contributed by atoms with Crippen molar-refractivity contribution in [3.8, 4) is 22.0 Å². The molecular formula is C22H20N4OS2. The zero-order valence-electron chi connectivity index (χ0n) is 16.0. The van der Waals surface area contributed by atoms with E-state index in [4.69, 9.17) is 0 Å². The van der Waals surface area contributed by atoms with Crippen LogP contribution in [0.25, 0.3) is 22.0 Å². The van der Waals surface area contributed by atoms with Crippen LogP contribution in [0.1, 0.15) is 16.3 Å². The van der Waals surface area contributed by atoms with Gasteiger partial charge in [0.25, 0.3) is 0 Å². The normalized spacial score (nSPS) is 10.8. The summed E-state index contributed by atoms with van der Waals surface area (Å²) >= 11 is 3.16. The maximum Gasteiger partial charge on any atom is 0.226 e. The number of thiazole rings is 2. The van der Waals surface area contributed by atoms with Crippen molar-refractivity contribution in [1.29, 1.82) is 0 Å². The van der Waals surface area contributed by atoms with Crippen molar-refractivity contribution >= 4 is 28.6 Å². The molecule has 4 aromatic rings. The van der Waals surface area contributed by atoms with E-state index in [1.807, 2.05) is 30.5 Å². The highest BCUT2D eigenvalue weighted by Crippen LogP contribution is 2.22. The molecule has 0 fully saturated rings. The topological polar surface area (TPSA) is 67.8 Å². The maximum absolute atomic E-state index is 12.2. The molecule has 0 aliphatic rings. The molecule has 7 heteroatoms. The number of carbonyl (C=O) groups excluding carboxylic acids is 1. The van der Waals surface area contributed by atoms with Crippen LogP contribution in [0.3, 0.4) is 0 Å². The van der Waals surface area contributed by atoms with Gasteiger partial charge in [0.15, 0.2) is 0 Å². The Bertz CT molecular complexity index is 1090. The van der Waals surface area contributed by atoms with Crippen LogP contribution < -0.4 is 5.32 Å². The van der Waals surface area contributed by atoms with Crippen molar-refractivity contribution in [2.24, 2.45) is 0 Å². The summed E-state index contributed by atoms with van der Waals surface area (Å²) < 4.78 is 0. The molecule has 1 aromatic carbocycles. The molecule has 0 saturated carbocycles. The minimum atomic E-state index is -0.0163. The smallest absolute Gasteiger partial charge is 0.226 e. The monoisotopic (exact) mass is 420 g/mol. The first kappa shape index (κ1) is 19.4. The zero-order valence-corrected chi connectivity index (χ0v) is 17.6. The molecule has 0 saturated heterocycles. The standard InChI is InChI=1S/C22H20N4OS2/c1-15-25-20(14-28-15)17-7-5-16(6-8-17)9-11-24-21(27)12-18-13-29-22(26-18)19-4-2-3-10-23-19/h2-8,10,13-14H,9,11-12H2,1H3,(H,24,27). The molecule has 1 N–H and O–H groups in total. The third kappa shape index (κ3) is 5.13. The first-order valence-electron chi connectivity index (χ1n) is 9.31. The van der Waals surface area contributed by atoms with Crippen molar-refractivity contribution in [1.82, 2.24) is 20.3 Å². The minimum absolute atomic E-state index is 0.0163. The summed E-state index contributed by atoms with van der Waals surface area (Å²) in [6.07, 6.45) is 2.82. The van der Waals surface area contributed by atoms with Crippen LogP contribution >= 0.6 is 22.7 Å². The van der Waals surface area contributed by atoms with Crippen LogP contribution in [-0.4, -0.2) is 27.4 Å². The number of amides is 1. The average molecular weight is 421 g/mol. The molecule has 4 rings (SSSR count). The number of aryl methyl sites for hydroxylation is 1. The summed E-state index contributed by atoms with van der Waals surface area (Å²) in [7, 11) is 0. The highest BCUT2D eigenvalue weighted by atomic mass is 32.1. The second kappa shape index (κ2) is 9.07. The zero-order chi connectivity index (χ0) is 20.1. The Kier molecular flexibility index (Phi) is 6.07. The van der Waals surface area contributed by atoms with Crippen molar-refractivity contribution in [2.75, 3.05) is 6.54 Å². The fourth-order valence-corrected chi connectivity index (χ4v) is 4.32. The summed E-state index contributed by atoms with van der Waals surface area (Å²) in [5, 5.41) is 8.87. The van der Waals surface area contributed by atoms with Crippen LogP contribution in [0.15, 0.2) is 59.4 Å². The molecule has 146 valence electrons. The fraction of sp³-hybridized carbons (Fsp3) is 0.182. The summed E-state index contributed by atoms with van der Waals surface area (Å²) in [6, 6.07) is 14.1. The molecule has 3 aromatic heterocycles. The first-order chi connectivity index (χ1) is 14.2. The van der Waals surface area contributed by atoms with E-state index in [1.54, 1.807) is 17.5 Å². The number of carbonyl (C=O) groups is 1. The number of benzene rings is 1. The molecule has 0 atom stereocenters. The lowest BCUT2D eigenvalue weighted by Gasteiger charge is -2.05. The van der Waals surface area contributed by atoms with E-state index in [-0.39, 0.29) is 12.3 Å². The third-order valence-corrected chi connectivity index (χ3v) is 6.07. The molecule has 29 heavy (non-hydrogen) atoms. The van der Waals surface area contributed by atoms with Gasteiger partial charge in [-0.3, -0.25) is 9.78 Å². The van der Waals surface area contributed by atoms with Crippen LogP contribution in [-0.2, 0) is 17.6 Å². The lowest BCUT2D eigenvalue weighted by molar-refractivity contribution is -0.120. The second-order valence-corrected chi connectivity index (χ2v) is 8.50. The lowest BCUT2D eigenvalue weighted by atomic mass is 10.1. The van der Waals surface area contributed by atoms with E-state index in [1.165, 1.54) is 16.9 Å². The summed E-state index contributed by atoms with van der Waals surface area (Å²) in [5.74, 6) is -0.0163. The molecule has 0 spiro atoms. The number of hydrogen-bond acceptors (Lipinski definition) is 6. The third-order valence-electron chi connectivity index (χ3n) is 4.38. The lowest BCUT2D eigenvalue weighted by Crippen LogP contribution is -2.27. The number of nitrogens with one attached hydrogen (secondary N) is 1. The number of hydrogen-bond donors (Lipinski definition) is 1. The van der Waals surface area contributed by atoms with E-state index in [0.29, 0.717) is 6.54 Å². The molecule has 0 aliphatic carbocycles. The summed E-state index contributed by atoms with van der Waals surface area (Å²) in [4.78, 5) is 25.5. The van der Waals surface area contributed by atoms with Crippen molar-refractivity contribution in [2.45, 2.75) is 19.8 Å². The molecule has 3 heterocycles. The van der Waals surface area contributed by atoms with E-state index in [9.17, 15) is 4.79 Å². The van der Waals surface area contributed by atoms with E-state index in [0.717, 1.165) is 39.1 Å². The van der Waals surface area contributed by atoms with Gasteiger partial charge in [0, 0.05) is 29.1 Å². The number of aromatic nitrogens is 3. The van der Waals surface area contributed by atoms with E-state index >= 15 is 0 Å². The van der Waals surface area contributed by atoms with Gasteiger partial charge < -0.3 is 5.32 Å². The highest BCUT2D eigenvalue weighted by molar-refractivity contribution is 7.13. The largest absolute Gasteiger partial charge is 0.355 e. The molecule has 1 amide bonds. The first-order valence-corrected chi connectivity index (χ1v) is 11.1. The molecule has 0 radical (unpaired) electrons. The fourth-order valence-electron chi connectivity index (χ4n) is 2.91. The number of nitrogens with zero attached hydrogens (tertiary/aromatic N) is 3. The van der Waals surface area contributed by atoms with E-state index in [2.05, 4.69) is 49.9 Å². The average Bonchev–Trinajstić information content (AvgIpc) is 3.38. The van der Waals surface area contributed by atoms with Crippen LogP contribution in [0.5, 0.6) is 0 Å². The summed E-state index contributed by atoms with van der Waals surface area (Å²) in [6.45, 7) is 2.61. The molecule has 0 unspecified atom stereocenters. The second-order valence-electron chi connectivity index (χ2n) is 6.58. The van der Waals surface area contributed by atoms with Crippen molar-refractivity contribution < 1.29 is 4.79 Å². The van der Waals surface area contributed by atoms with Gasteiger partial charge in [0.1, 0.15) is 5.01 Å². The van der Waals surface area contributed by atoms with Crippen molar-refractivity contribution in [3.63, 3.8) is 0 Å². The van der Waals surface area contributed by atoms with Crippen LogP contribution in [0, 0.1) is 6.92 Å². The van der Waals surface area contributed by atoms with Gasteiger partial charge in [0.2, 0.25) is 5.91 Å². The highest BCUT2D eigenvalue weighted by Gasteiger charge is 2.09. The predicted molar refractivity (Wildman–Crippen MR) is 118 cm³/mol. The molecular weight excluding hydrogens is 400 g/mol. The van der Waals surface area contributed by atoms with Gasteiger partial charge in [-0.2, -0.15) is 0 Å². The Morgan fingerprint density at radius 2 is 1.86 bits per heavy atom. The van der Waals surface area contributed by atoms with E-state index < -0.39 is 0 Å². The molecule has 0 aliphatic heterocycles. The molecule has 0 bridgehead atoms. The van der Waals surface area contributed by atoms with Gasteiger partial charge >= 0.3 is 0 Å². The predicted octanol–water partition coefficient (Wildman–Crippen LogP) is 4.54. The van der Waals surface area contributed by atoms with Gasteiger partial charge in [-0.1, -0.05) is 30.3 Å². The maximum atomic E-state index is 12.2. The Hall–Kier alpha value is -2.90. The minimum Gasteiger partial charge on any atom is -0.355 e. The van der Waals surface area contributed by atoms with Gasteiger partial charge in [-0.25, -0.2) is 9.97 Å². The van der Waals surface area contributed by atoms with Gasteiger partial charge in [-0.15, -0.1) is 22.7 Å². The Morgan fingerprint density at radius 3 is 2.59 bits per heavy atom. The number of rotatable bonds is 7. The SMILES string of the molecule is Cc1nc(-c2ccc(CCNC(=O)Cc3csc(-c4ccccn4)n3)cc2)cs1. The number of pyridine rings is 1. The van der Waals surface area contributed by atoms with Gasteiger partial charge in [-0.05, 0) is 31.0 Å². The van der Waals surface area contributed by atoms with Crippen molar-refractivity contribution in [3.05, 3.63) is 75.7 Å². The van der Waals surface area contributed by atoms with Gasteiger partial charge in [0.05, 0.1) is 28.5 Å². The van der Waals surface area contributed by atoms with Crippen LogP contribution in [0.2, 0.25) is 0 Å². The quantitative estimate of drug-likeness (QED) is 0.477.